The molecule has 0 bridgehead atoms. The molecule has 1 heterocycles. The highest BCUT2D eigenvalue weighted by Gasteiger charge is 2.47. The maximum absolute atomic E-state index is 14.2. The molecule has 0 atom stereocenters. The zero-order valence-electron chi connectivity index (χ0n) is 38.7. The van der Waals surface area contributed by atoms with E-state index in [0.717, 1.165) is 0 Å². The van der Waals surface area contributed by atoms with E-state index in [1.165, 1.54) is 14.2 Å². The molecular formula is C46H31BF24N2O4. The van der Waals surface area contributed by atoms with Crippen LogP contribution in [-0.2, 0) is 75.0 Å². The van der Waals surface area contributed by atoms with Gasteiger partial charge in [0.2, 0.25) is 0 Å². The van der Waals surface area contributed by atoms with Gasteiger partial charge in [-0.2, -0.15) is 132 Å². The molecule has 77 heavy (non-hydrogen) atoms. The molecule has 5 aromatic rings. The molecule has 0 saturated heterocycles. The van der Waals surface area contributed by atoms with Crippen molar-refractivity contribution in [2.75, 3.05) is 14.2 Å². The van der Waals surface area contributed by atoms with E-state index in [0.29, 0.717) is 12.1 Å². The van der Waals surface area contributed by atoms with Crippen molar-refractivity contribution in [2.24, 2.45) is 5.92 Å². The van der Waals surface area contributed by atoms with Gasteiger partial charge >= 0.3 is 61.3 Å². The highest BCUT2D eigenvalue weighted by molar-refractivity contribution is 7.20. The molecule has 0 unspecified atom stereocenters. The lowest BCUT2D eigenvalue weighted by Crippen LogP contribution is -2.75. The number of methoxy groups -OCH3 is 2. The minimum Gasteiger partial charge on any atom is -0.465 e. The number of rotatable bonds is 9. The Morgan fingerprint density at radius 2 is 0.623 bits per heavy atom. The Morgan fingerprint density at radius 1 is 0.416 bits per heavy atom. The molecule has 4 aromatic carbocycles. The first-order valence-electron chi connectivity index (χ1n) is 20.8. The van der Waals surface area contributed by atoms with E-state index >= 15 is 0 Å². The molecule has 0 amide bonds. The van der Waals surface area contributed by atoms with Crippen LogP contribution in [0.25, 0.3) is 0 Å². The first kappa shape index (κ1) is 62.6. The number of allylic oxidation sites excluding steroid dienone is 1. The topological polar surface area (TPSA) is 69.4 Å². The number of ether oxygens (including phenoxy) is 2. The molecule has 31 heteroatoms. The van der Waals surface area contributed by atoms with Gasteiger partial charge in [-0.15, -0.1) is 0 Å². The lowest BCUT2D eigenvalue weighted by Gasteiger charge is -2.46. The van der Waals surface area contributed by atoms with Gasteiger partial charge in [0.05, 0.1) is 71.1 Å². The average molecular weight is 1140 g/mol. The Morgan fingerprint density at radius 3 is 0.792 bits per heavy atom. The van der Waals surface area contributed by atoms with E-state index in [1.807, 2.05) is 18.4 Å². The Bertz CT molecular complexity index is 2530. The number of halogens is 24. The molecule has 0 aliphatic rings. The second kappa shape index (κ2) is 21.8. The Kier molecular flexibility index (Phi) is 17.7. The third-order valence-electron chi connectivity index (χ3n) is 11.3. The van der Waals surface area contributed by atoms with E-state index in [2.05, 4.69) is 14.5 Å². The highest BCUT2D eigenvalue weighted by atomic mass is 19.4. The fourth-order valence-electron chi connectivity index (χ4n) is 7.82. The second-order valence-corrected chi connectivity index (χ2v) is 16.7. The molecule has 0 N–H and O–H groups in total. The van der Waals surface area contributed by atoms with E-state index in [4.69, 9.17) is 0 Å². The Labute approximate surface area is 416 Å². The third-order valence-corrected chi connectivity index (χ3v) is 11.3. The van der Waals surface area contributed by atoms with Crippen molar-refractivity contribution in [3.63, 3.8) is 0 Å². The molecule has 0 spiro atoms. The van der Waals surface area contributed by atoms with Gasteiger partial charge in [-0.25, -0.2) is 9.59 Å². The number of esters is 2. The number of alkyl halides is 24. The summed E-state index contributed by atoms with van der Waals surface area (Å²) in [5, 5.41) is 0. The van der Waals surface area contributed by atoms with Gasteiger partial charge in [-0.3, -0.25) is 4.98 Å². The molecule has 0 saturated carbocycles. The van der Waals surface area contributed by atoms with Crippen LogP contribution in [0.15, 0.2) is 109 Å². The predicted octanol–water partition coefficient (Wildman–Crippen LogP) is 11.9. The van der Waals surface area contributed by atoms with Gasteiger partial charge in [0.1, 0.15) is 6.15 Å². The number of benzene rings is 4. The van der Waals surface area contributed by atoms with Crippen LogP contribution in [0.1, 0.15) is 58.4 Å². The van der Waals surface area contributed by atoms with Crippen LogP contribution in [0, 0.1) is 5.92 Å². The summed E-state index contributed by atoms with van der Waals surface area (Å²) in [5.74, 6) is -1.38. The molecule has 0 fully saturated rings. The number of nitrogens with zero attached hydrogens (tertiary/aromatic N) is 2. The first-order chi connectivity index (χ1) is 34.8. The van der Waals surface area contributed by atoms with Crippen molar-refractivity contribution in [2.45, 2.75) is 69.8 Å². The van der Waals surface area contributed by atoms with Gasteiger partial charge < -0.3 is 9.47 Å². The van der Waals surface area contributed by atoms with Crippen molar-refractivity contribution in [3.05, 3.63) is 153 Å². The summed E-state index contributed by atoms with van der Waals surface area (Å²) in [6, 6.07) is -8.81. The van der Waals surface area contributed by atoms with E-state index < -0.39 is 207 Å². The lowest BCUT2D eigenvalue weighted by molar-refractivity contribution is -0.690. The Balaban J connectivity index is 0.000000536. The third kappa shape index (κ3) is 14.7. The second-order valence-electron chi connectivity index (χ2n) is 16.7. The van der Waals surface area contributed by atoms with Gasteiger partial charge in [-0.05, 0) is 30.2 Å². The van der Waals surface area contributed by atoms with Crippen LogP contribution in [0.5, 0.6) is 0 Å². The Hall–Kier alpha value is -6.98. The fraction of sp³-hybridized carbons (Fsp3) is 0.304. The van der Waals surface area contributed by atoms with E-state index in [9.17, 15) is 115 Å². The van der Waals surface area contributed by atoms with Gasteiger partial charge in [0, 0.05) is 5.57 Å². The normalized spacial score (nSPS) is 13.2. The summed E-state index contributed by atoms with van der Waals surface area (Å²) in [6.07, 6.45) is -48.0. The van der Waals surface area contributed by atoms with Crippen LogP contribution < -0.4 is 26.4 Å². The summed E-state index contributed by atoms with van der Waals surface area (Å²) in [6.45, 7) is 4.20. The number of carbonyl (C=O) groups is 2. The summed E-state index contributed by atoms with van der Waals surface area (Å²) in [5.41, 5.74) is -29.6. The van der Waals surface area contributed by atoms with Crippen LogP contribution in [0.4, 0.5) is 105 Å². The van der Waals surface area contributed by atoms with Crippen molar-refractivity contribution < 1.29 is 129 Å². The lowest BCUT2D eigenvalue weighted by atomic mass is 9.12. The van der Waals surface area contributed by atoms with Crippen LogP contribution >= 0.6 is 0 Å². The monoisotopic (exact) mass is 1140 g/mol. The van der Waals surface area contributed by atoms with E-state index in [1.54, 1.807) is 24.8 Å². The van der Waals surface area contributed by atoms with Gasteiger partial charge in [0.25, 0.3) is 0 Å². The molecule has 0 aliphatic carbocycles. The van der Waals surface area contributed by atoms with Crippen LogP contribution in [0.3, 0.4) is 0 Å². The summed E-state index contributed by atoms with van der Waals surface area (Å²) in [4.78, 5) is 27.6. The highest BCUT2D eigenvalue weighted by Crippen LogP contribution is 2.41. The molecule has 0 aliphatic heterocycles. The maximum Gasteiger partial charge on any atom is 0.416 e. The number of carbonyl (C=O) groups excluding carboxylic acids is 2. The number of aromatic nitrogens is 2. The number of hydrogen-bond acceptors (Lipinski definition) is 5. The van der Waals surface area contributed by atoms with Crippen molar-refractivity contribution in [1.82, 2.24) is 4.98 Å². The molecule has 0 radical (unpaired) electrons. The van der Waals surface area contributed by atoms with Crippen molar-refractivity contribution in [3.8, 4) is 0 Å². The molecule has 1 aromatic heterocycles. The molecule has 6 nitrogen and oxygen atoms in total. The maximum atomic E-state index is 14.2. The summed E-state index contributed by atoms with van der Waals surface area (Å²) < 4.78 is 352. The minimum absolute atomic E-state index is 0.0103. The van der Waals surface area contributed by atoms with Crippen molar-refractivity contribution >= 4 is 39.9 Å². The SMILES string of the molecule is COC(=O)C(C(=O)OC)=C(C[n+]1ccncc1)C(C)C.FC(F)(F)c1cc([B-](c2cc(C(F)(F)F)cc(C(F)(F)F)c2)(c2cc(C(F)(F)F)cc(C(F)(F)F)c2)c2cc(C(F)(F)F)cc(C(F)(F)F)c2)cc(C(F)(F)F)c1. The van der Waals surface area contributed by atoms with Crippen LogP contribution in [-0.4, -0.2) is 37.3 Å². The average Bonchev–Trinajstić information content (AvgIpc) is 3.29. The summed E-state index contributed by atoms with van der Waals surface area (Å²) >= 11 is 0. The molecule has 420 valence electrons. The zero-order chi connectivity index (χ0) is 59.0. The quantitative estimate of drug-likeness (QED) is 0.0280. The van der Waals surface area contributed by atoms with Crippen molar-refractivity contribution in [1.29, 1.82) is 0 Å². The molecule has 5 rings (SSSR count). The number of hydrogen-bond donors (Lipinski definition) is 0. The fourth-order valence-corrected chi connectivity index (χ4v) is 7.82. The van der Waals surface area contributed by atoms with Gasteiger partial charge in [0.15, 0.2) is 24.5 Å². The minimum atomic E-state index is -6.13. The zero-order valence-corrected chi connectivity index (χ0v) is 38.7. The summed E-state index contributed by atoms with van der Waals surface area (Å²) in [7, 11) is 2.48. The standard InChI is InChI=1S/C32H12BF24.C14H19N2O4/c34-25(35,36)13-1-14(26(37,38)39)6-21(5-13)33(22-7-15(27(40,41)42)2-16(8-22)28(43,44)45,23-9-17(29(46,47)48)3-18(10-23)30(49,50)51)24-11-19(31(52,53)54)4-20(12-24)32(55,56)57;1-10(2)11(9-16-7-5-15-6-8-16)12(13(17)19-3)14(18)20-4/h1-12H;5-8,10H,9H2,1-4H3/q-1;+1. The van der Waals surface area contributed by atoms with E-state index in [-0.39, 0.29) is 11.5 Å². The first-order valence-corrected chi connectivity index (χ1v) is 20.8. The van der Waals surface area contributed by atoms with Gasteiger partial charge in [-0.1, -0.05) is 62.4 Å². The predicted molar refractivity (Wildman–Crippen MR) is 220 cm³/mol. The largest absolute Gasteiger partial charge is 0.465 e. The smallest absolute Gasteiger partial charge is 0.416 e. The molecular weight excluding hydrogens is 1110 g/mol. The van der Waals surface area contributed by atoms with Crippen LogP contribution in [0.2, 0.25) is 0 Å².